The molecule has 4 aromatic rings. The molecule has 4 rings (SSSR count). The lowest BCUT2D eigenvalue weighted by Crippen LogP contribution is -2.33. The zero-order chi connectivity index (χ0) is 29.0. The number of halogens is 3. The second-order valence-corrected chi connectivity index (χ2v) is 8.55. The van der Waals surface area contributed by atoms with Gasteiger partial charge in [-0.15, -0.1) is 0 Å². The van der Waals surface area contributed by atoms with Gasteiger partial charge in [0.15, 0.2) is 0 Å². The molecule has 0 spiro atoms. The molecular weight excluding hydrogens is 529 g/mol. The van der Waals surface area contributed by atoms with Crippen molar-refractivity contribution in [2.75, 3.05) is 11.9 Å². The number of alkyl halides is 3. The van der Waals surface area contributed by atoms with Crippen molar-refractivity contribution in [1.29, 1.82) is 5.41 Å². The molecule has 0 atom stereocenters. The largest absolute Gasteiger partial charge is 0.478 e. The predicted octanol–water partition coefficient (Wildman–Crippen LogP) is 5.14. The first kappa shape index (κ1) is 27.6. The number of amides is 2. The van der Waals surface area contributed by atoms with Gasteiger partial charge in [0, 0.05) is 27.9 Å². The first-order valence-electron chi connectivity index (χ1n) is 11.6. The van der Waals surface area contributed by atoms with Gasteiger partial charge in [0.05, 0.1) is 11.8 Å². The lowest BCUT2D eigenvalue weighted by Gasteiger charge is -2.15. The van der Waals surface area contributed by atoms with Crippen molar-refractivity contribution in [3.63, 3.8) is 0 Å². The number of hydrogen-bond acceptors (Lipinski definition) is 5. The van der Waals surface area contributed by atoms with Gasteiger partial charge in [0.1, 0.15) is 18.1 Å². The van der Waals surface area contributed by atoms with Crippen LogP contribution in [0.15, 0.2) is 83.5 Å². The summed E-state index contributed by atoms with van der Waals surface area (Å²) in [6.45, 7) is -1.58. The van der Waals surface area contributed by atoms with Gasteiger partial charge in [-0.3, -0.25) is 15.0 Å². The Kier molecular flexibility index (Phi) is 7.71. The maximum atomic E-state index is 13.5. The van der Waals surface area contributed by atoms with E-state index in [0.717, 1.165) is 6.07 Å². The highest BCUT2D eigenvalue weighted by molar-refractivity contribution is 6.11. The number of anilines is 1. The van der Waals surface area contributed by atoms with E-state index in [1.165, 1.54) is 30.5 Å². The van der Waals surface area contributed by atoms with Crippen molar-refractivity contribution < 1.29 is 37.1 Å². The molecule has 12 heteroatoms. The van der Waals surface area contributed by atoms with Crippen LogP contribution in [0.1, 0.15) is 36.6 Å². The highest BCUT2D eigenvalue weighted by Gasteiger charge is 2.28. The van der Waals surface area contributed by atoms with Gasteiger partial charge in [-0.25, -0.2) is 4.79 Å². The predicted molar refractivity (Wildman–Crippen MR) is 140 cm³/mol. The number of nitrogens with two attached hydrogens (primary N) is 1. The number of carboxylic acid groups (broad SMARTS) is 1. The van der Waals surface area contributed by atoms with E-state index in [0.29, 0.717) is 22.6 Å². The third-order valence-corrected chi connectivity index (χ3v) is 5.78. The molecule has 0 aliphatic rings. The van der Waals surface area contributed by atoms with E-state index >= 15 is 0 Å². The normalized spacial score (nSPS) is 11.1. The summed E-state index contributed by atoms with van der Waals surface area (Å²) in [6.07, 6.45) is -3.19. The van der Waals surface area contributed by atoms with Crippen molar-refractivity contribution >= 4 is 29.3 Å². The molecule has 0 radical (unpaired) electrons. The molecule has 2 amide bonds. The summed E-state index contributed by atoms with van der Waals surface area (Å²) in [7, 11) is 0. The van der Waals surface area contributed by atoms with Crippen molar-refractivity contribution in [2.24, 2.45) is 5.73 Å². The van der Waals surface area contributed by atoms with Gasteiger partial charge in [0.25, 0.3) is 11.8 Å². The highest BCUT2D eigenvalue weighted by Crippen LogP contribution is 2.33. The van der Waals surface area contributed by atoms with E-state index < -0.39 is 36.1 Å². The SMILES string of the molecule is N=C(N)c1ccc(NC(=O)c2cc(-c3ccco3)ccc2-c2ccc(C(=O)NCC(F)(F)F)cc2C(=O)O)cc1. The molecule has 3 aromatic carbocycles. The number of nitrogens with one attached hydrogen (secondary N) is 3. The Morgan fingerprint density at radius 2 is 1.52 bits per heavy atom. The van der Waals surface area contributed by atoms with Crippen LogP contribution in [0.4, 0.5) is 18.9 Å². The Labute approximate surface area is 224 Å². The summed E-state index contributed by atoms with van der Waals surface area (Å²) in [5, 5.41) is 21.8. The van der Waals surface area contributed by atoms with Gasteiger partial charge in [-0.05, 0) is 65.7 Å². The molecule has 0 aliphatic heterocycles. The monoisotopic (exact) mass is 550 g/mol. The zero-order valence-corrected chi connectivity index (χ0v) is 20.5. The highest BCUT2D eigenvalue weighted by atomic mass is 19.4. The Bertz CT molecular complexity index is 1600. The first-order chi connectivity index (χ1) is 18.9. The molecule has 1 heterocycles. The van der Waals surface area contributed by atoms with Gasteiger partial charge in [-0.1, -0.05) is 18.2 Å². The fourth-order valence-electron chi connectivity index (χ4n) is 3.87. The van der Waals surface area contributed by atoms with Crippen molar-refractivity contribution in [3.05, 3.63) is 101 Å². The fourth-order valence-corrected chi connectivity index (χ4v) is 3.87. The Morgan fingerprint density at radius 1 is 0.875 bits per heavy atom. The third-order valence-electron chi connectivity index (χ3n) is 5.78. The van der Waals surface area contributed by atoms with Crippen molar-refractivity contribution in [3.8, 4) is 22.5 Å². The van der Waals surface area contributed by atoms with Crippen LogP contribution in [0.25, 0.3) is 22.5 Å². The van der Waals surface area contributed by atoms with Crippen LogP contribution in [-0.4, -0.2) is 41.4 Å². The molecule has 0 aliphatic carbocycles. The zero-order valence-electron chi connectivity index (χ0n) is 20.5. The molecule has 1 aromatic heterocycles. The quantitative estimate of drug-likeness (QED) is 0.151. The average molecular weight is 550 g/mol. The molecule has 40 heavy (non-hydrogen) atoms. The number of amidine groups is 1. The van der Waals surface area contributed by atoms with Gasteiger partial charge in [0.2, 0.25) is 0 Å². The smallest absolute Gasteiger partial charge is 0.405 e. The number of carboxylic acids is 1. The summed E-state index contributed by atoms with van der Waals surface area (Å²) in [4.78, 5) is 37.8. The summed E-state index contributed by atoms with van der Waals surface area (Å²) in [6, 6.07) is 17.5. The number of aromatic carboxylic acids is 1. The molecule has 0 bridgehead atoms. The lowest BCUT2D eigenvalue weighted by atomic mass is 9.91. The standard InChI is InChI=1S/C28H21F3N4O5/c29-28(30,31)14-34-25(36)17-6-10-20(22(13-17)27(38)39)19-9-5-16(23-2-1-11-40-23)12-21(19)26(37)35-18-7-3-15(4-8-18)24(32)33/h1-13H,14H2,(H3,32,33)(H,34,36)(H,35,37)(H,38,39). The number of furan rings is 1. The molecule has 9 nitrogen and oxygen atoms in total. The Morgan fingerprint density at radius 3 is 2.12 bits per heavy atom. The molecule has 0 saturated carbocycles. The maximum Gasteiger partial charge on any atom is 0.405 e. The third kappa shape index (κ3) is 6.35. The summed E-state index contributed by atoms with van der Waals surface area (Å²) in [5.41, 5.74) is 6.42. The second-order valence-electron chi connectivity index (χ2n) is 8.55. The fraction of sp³-hybridized carbons (Fsp3) is 0.0714. The number of benzene rings is 3. The van der Waals surface area contributed by atoms with E-state index in [1.807, 2.05) is 0 Å². The van der Waals surface area contributed by atoms with Gasteiger partial charge in [-0.2, -0.15) is 13.2 Å². The van der Waals surface area contributed by atoms with Crippen molar-refractivity contribution in [1.82, 2.24) is 5.32 Å². The average Bonchev–Trinajstić information content (AvgIpc) is 3.46. The summed E-state index contributed by atoms with van der Waals surface area (Å²) in [5.74, 6) is -2.87. The van der Waals surface area contributed by atoms with Crippen molar-refractivity contribution in [2.45, 2.75) is 6.18 Å². The van der Waals surface area contributed by atoms with Gasteiger partial charge < -0.3 is 25.9 Å². The number of nitrogen functional groups attached to an aromatic ring is 1. The van der Waals surface area contributed by atoms with Crippen LogP contribution in [0.2, 0.25) is 0 Å². The van der Waals surface area contributed by atoms with E-state index in [4.69, 9.17) is 15.6 Å². The Hall–Kier alpha value is -5.39. The molecular formula is C28H21F3N4O5. The van der Waals surface area contributed by atoms with E-state index in [2.05, 4.69) is 5.32 Å². The summed E-state index contributed by atoms with van der Waals surface area (Å²) >= 11 is 0. The van der Waals surface area contributed by atoms with Crippen LogP contribution < -0.4 is 16.4 Å². The Balaban J connectivity index is 1.76. The molecule has 204 valence electrons. The minimum Gasteiger partial charge on any atom is -0.478 e. The second kappa shape index (κ2) is 11.2. The van der Waals surface area contributed by atoms with E-state index in [1.54, 1.807) is 47.8 Å². The van der Waals surface area contributed by atoms with Crippen LogP contribution in [0, 0.1) is 5.41 Å². The molecule has 0 fully saturated rings. The molecule has 6 N–H and O–H groups in total. The number of carbonyl (C=O) groups is 3. The number of hydrogen-bond donors (Lipinski definition) is 5. The minimum absolute atomic E-state index is 0.0568. The van der Waals surface area contributed by atoms with E-state index in [9.17, 15) is 32.7 Å². The molecule has 0 unspecified atom stereocenters. The first-order valence-corrected chi connectivity index (χ1v) is 11.6. The lowest BCUT2D eigenvalue weighted by molar-refractivity contribution is -0.123. The topological polar surface area (TPSA) is 159 Å². The minimum atomic E-state index is -4.64. The van der Waals surface area contributed by atoms with Crippen LogP contribution in [0.5, 0.6) is 0 Å². The van der Waals surface area contributed by atoms with Crippen LogP contribution in [0.3, 0.4) is 0 Å². The van der Waals surface area contributed by atoms with Crippen LogP contribution in [-0.2, 0) is 0 Å². The molecule has 0 saturated heterocycles. The van der Waals surface area contributed by atoms with E-state index in [-0.39, 0.29) is 28.1 Å². The summed E-state index contributed by atoms with van der Waals surface area (Å²) < 4.78 is 43.0. The number of carbonyl (C=O) groups excluding carboxylic acids is 2. The number of rotatable bonds is 8. The van der Waals surface area contributed by atoms with Crippen LogP contribution >= 0.6 is 0 Å². The van der Waals surface area contributed by atoms with Gasteiger partial charge >= 0.3 is 12.1 Å². The maximum absolute atomic E-state index is 13.5.